The third-order valence-corrected chi connectivity index (χ3v) is 3.27. The minimum Gasteiger partial charge on any atom is -0.314 e. The molecule has 14 heavy (non-hydrogen) atoms. The van der Waals surface area contributed by atoms with Gasteiger partial charge < -0.3 is 5.32 Å². The van der Waals surface area contributed by atoms with Crippen LogP contribution in [-0.4, -0.2) is 12.6 Å². The van der Waals surface area contributed by atoms with E-state index in [0.717, 1.165) is 17.8 Å². The fourth-order valence-electron chi connectivity index (χ4n) is 2.21. The summed E-state index contributed by atoms with van der Waals surface area (Å²) in [6.07, 6.45) is 2.64. The van der Waals surface area contributed by atoms with Crippen LogP contribution in [-0.2, 0) is 0 Å². The first-order valence-corrected chi connectivity index (χ1v) is 6.26. The Morgan fingerprint density at radius 1 is 0.929 bits per heavy atom. The number of rotatable bonds is 7. The van der Waals surface area contributed by atoms with Crippen LogP contribution in [0.3, 0.4) is 0 Å². The Bertz CT molecular complexity index is 125. The highest BCUT2D eigenvalue weighted by Gasteiger charge is 2.21. The van der Waals surface area contributed by atoms with E-state index in [2.05, 4.69) is 46.9 Å². The number of hydrogen-bond acceptors (Lipinski definition) is 1. The van der Waals surface area contributed by atoms with E-state index >= 15 is 0 Å². The maximum Gasteiger partial charge on any atom is 0.00104 e. The fraction of sp³-hybridized carbons (Fsp3) is 1.00. The van der Waals surface area contributed by atoms with E-state index in [1.807, 2.05) is 0 Å². The molecule has 0 saturated carbocycles. The molecule has 1 N–H and O–H groups in total. The molecule has 0 aliphatic rings. The Hall–Kier alpha value is -0.0400. The second-order valence-corrected chi connectivity index (χ2v) is 5.05. The number of hydrogen-bond donors (Lipinski definition) is 1. The van der Waals surface area contributed by atoms with E-state index in [1.54, 1.807) is 0 Å². The molecule has 1 heteroatoms. The van der Waals surface area contributed by atoms with Crippen LogP contribution >= 0.6 is 0 Å². The van der Waals surface area contributed by atoms with Gasteiger partial charge in [-0.25, -0.2) is 0 Å². The summed E-state index contributed by atoms with van der Waals surface area (Å²) in [5.41, 5.74) is 0. The molecule has 0 radical (unpaired) electrons. The highest BCUT2D eigenvalue weighted by molar-refractivity contribution is 4.74. The highest BCUT2D eigenvalue weighted by atomic mass is 14.9. The summed E-state index contributed by atoms with van der Waals surface area (Å²) in [7, 11) is 0. The zero-order chi connectivity index (χ0) is 11.1. The summed E-state index contributed by atoms with van der Waals surface area (Å²) in [5.74, 6) is 2.53. The Labute approximate surface area is 90.7 Å². The van der Waals surface area contributed by atoms with Crippen molar-refractivity contribution in [3.8, 4) is 0 Å². The van der Waals surface area contributed by atoms with Crippen LogP contribution in [0.2, 0.25) is 0 Å². The van der Waals surface area contributed by atoms with Gasteiger partial charge in [-0.05, 0) is 24.3 Å². The topological polar surface area (TPSA) is 12.0 Å². The molecule has 0 fully saturated rings. The third kappa shape index (κ3) is 4.99. The molecule has 1 unspecified atom stereocenters. The van der Waals surface area contributed by atoms with Crippen molar-refractivity contribution in [3.63, 3.8) is 0 Å². The summed E-state index contributed by atoms with van der Waals surface area (Å²) >= 11 is 0. The van der Waals surface area contributed by atoms with E-state index in [4.69, 9.17) is 0 Å². The van der Waals surface area contributed by atoms with Crippen molar-refractivity contribution < 1.29 is 0 Å². The quantitative estimate of drug-likeness (QED) is 0.659. The highest BCUT2D eigenvalue weighted by Crippen LogP contribution is 2.25. The minimum atomic E-state index is 0.616. The average molecular weight is 199 g/mol. The molecule has 1 atom stereocenters. The van der Waals surface area contributed by atoms with Crippen LogP contribution in [0, 0.1) is 17.8 Å². The smallest absolute Gasteiger partial charge is 0.00104 e. The van der Waals surface area contributed by atoms with Gasteiger partial charge in [0.15, 0.2) is 0 Å². The Morgan fingerprint density at radius 2 is 1.43 bits per heavy atom. The van der Waals surface area contributed by atoms with Gasteiger partial charge in [-0.2, -0.15) is 0 Å². The summed E-state index contributed by atoms with van der Waals surface area (Å²) in [6, 6.07) is 0.616. The normalized spacial score (nSPS) is 14.4. The van der Waals surface area contributed by atoms with Crippen molar-refractivity contribution in [3.05, 3.63) is 0 Å². The molecular formula is C13H29N. The molecule has 0 rings (SSSR count). The van der Waals surface area contributed by atoms with Crippen molar-refractivity contribution in [1.82, 2.24) is 5.32 Å². The molecule has 0 aromatic rings. The van der Waals surface area contributed by atoms with Gasteiger partial charge in [-0.3, -0.25) is 0 Å². The van der Waals surface area contributed by atoms with E-state index in [1.165, 1.54) is 19.4 Å². The third-order valence-electron chi connectivity index (χ3n) is 3.27. The second-order valence-electron chi connectivity index (χ2n) is 5.05. The van der Waals surface area contributed by atoms with Gasteiger partial charge in [-0.15, -0.1) is 0 Å². The average Bonchev–Trinajstić information content (AvgIpc) is 2.11. The Balaban J connectivity index is 4.13. The fourth-order valence-corrected chi connectivity index (χ4v) is 2.21. The van der Waals surface area contributed by atoms with Gasteiger partial charge in [0.2, 0.25) is 0 Å². The monoisotopic (exact) mass is 199 g/mol. The number of nitrogens with one attached hydrogen (secondary N) is 1. The molecule has 0 aliphatic carbocycles. The Morgan fingerprint density at radius 3 is 1.71 bits per heavy atom. The molecule has 0 bridgehead atoms. The van der Waals surface area contributed by atoms with E-state index in [9.17, 15) is 0 Å². The van der Waals surface area contributed by atoms with Gasteiger partial charge >= 0.3 is 0 Å². The maximum absolute atomic E-state index is 3.58. The van der Waals surface area contributed by atoms with E-state index in [0.29, 0.717) is 6.04 Å². The summed E-state index contributed by atoms with van der Waals surface area (Å²) in [5, 5.41) is 3.58. The standard InChI is InChI=1S/C13H29N/c1-7-12(8-2)13(10(3)4)9-14-11(5)6/h10-14H,7-9H2,1-6H3. The SMILES string of the molecule is CCC(CC)C(CNC(C)C)C(C)C. The van der Waals surface area contributed by atoms with Crippen LogP contribution in [0.5, 0.6) is 0 Å². The van der Waals surface area contributed by atoms with Crippen molar-refractivity contribution in [2.24, 2.45) is 17.8 Å². The zero-order valence-corrected chi connectivity index (χ0v) is 10.9. The van der Waals surface area contributed by atoms with E-state index in [-0.39, 0.29) is 0 Å². The molecule has 1 nitrogen and oxygen atoms in total. The molecule has 0 saturated heterocycles. The summed E-state index contributed by atoms with van der Waals surface area (Å²) < 4.78 is 0. The minimum absolute atomic E-state index is 0.616. The Kier molecular flexibility index (Phi) is 7.26. The molecule has 0 aliphatic heterocycles. The lowest BCUT2D eigenvalue weighted by atomic mass is 9.80. The van der Waals surface area contributed by atoms with Gasteiger partial charge in [-0.1, -0.05) is 54.4 Å². The largest absolute Gasteiger partial charge is 0.314 e. The molecular weight excluding hydrogens is 170 g/mol. The van der Waals surface area contributed by atoms with E-state index < -0.39 is 0 Å². The molecule has 0 amide bonds. The lowest BCUT2D eigenvalue weighted by Gasteiger charge is -2.30. The molecule has 0 heterocycles. The van der Waals surface area contributed by atoms with Gasteiger partial charge in [0.1, 0.15) is 0 Å². The lowest BCUT2D eigenvalue weighted by molar-refractivity contribution is 0.227. The lowest BCUT2D eigenvalue weighted by Crippen LogP contribution is -2.35. The first-order valence-electron chi connectivity index (χ1n) is 6.26. The predicted molar refractivity (Wildman–Crippen MR) is 65.5 cm³/mol. The van der Waals surface area contributed by atoms with Crippen molar-refractivity contribution in [1.29, 1.82) is 0 Å². The van der Waals surface area contributed by atoms with Gasteiger partial charge in [0.05, 0.1) is 0 Å². The van der Waals surface area contributed by atoms with Crippen molar-refractivity contribution in [2.75, 3.05) is 6.54 Å². The maximum atomic E-state index is 3.58. The van der Waals surface area contributed by atoms with Gasteiger partial charge in [0, 0.05) is 6.04 Å². The van der Waals surface area contributed by atoms with Crippen LogP contribution in [0.4, 0.5) is 0 Å². The van der Waals surface area contributed by atoms with Crippen molar-refractivity contribution >= 4 is 0 Å². The summed E-state index contributed by atoms with van der Waals surface area (Å²) in [4.78, 5) is 0. The van der Waals surface area contributed by atoms with Gasteiger partial charge in [0.25, 0.3) is 0 Å². The molecule has 0 spiro atoms. The molecule has 0 aromatic carbocycles. The van der Waals surface area contributed by atoms with Crippen molar-refractivity contribution in [2.45, 2.75) is 60.4 Å². The second kappa shape index (κ2) is 7.28. The predicted octanol–water partition coefficient (Wildman–Crippen LogP) is 3.69. The van der Waals surface area contributed by atoms with Crippen LogP contribution in [0.25, 0.3) is 0 Å². The zero-order valence-electron chi connectivity index (χ0n) is 10.9. The van der Waals surface area contributed by atoms with Crippen LogP contribution in [0.1, 0.15) is 54.4 Å². The van der Waals surface area contributed by atoms with Crippen LogP contribution in [0.15, 0.2) is 0 Å². The first-order chi connectivity index (χ1) is 6.52. The summed E-state index contributed by atoms with van der Waals surface area (Å²) in [6.45, 7) is 15.0. The first kappa shape index (κ1) is 14.0. The van der Waals surface area contributed by atoms with Crippen LogP contribution < -0.4 is 5.32 Å². The molecule has 86 valence electrons. The molecule has 0 aromatic heterocycles.